The van der Waals surface area contributed by atoms with Crippen molar-refractivity contribution in [2.45, 2.75) is 58.4 Å². The molecule has 0 aromatic heterocycles. The summed E-state index contributed by atoms with van der Waals surface area (Å²) in [6.07, 6.45) is 0. The number of hydrogen-bond donors (Lipinski definition) is 3. The summed E-state index contributed by atoms with van der Waals surface area (Å²) in [4.78, 5) is 2.27. The summed E-state index contributed by atoms with van der Waals surface area (Å²) in [5.41, 5.74) is 2.86. The molecule has 1 aromatic rings. The summed E-state index contributed by atoms with van der Waals surface area (Å²) in [5.74, 6) is 0.341. The number of nitrogens with zero attached hydrogens (tertiary/aromatic N) is 1. The van der Waals surface area contributed by atoms with E-state index in [9.17, 15) is 10.2 Å². The SMILES string of the molecule is CC(C)(C)c1cc([C@@H](CO)N2CCNCC2)c(O)c(C(C)(C)C)c1.Cl. The molecule has 25 heavy (non-hydrogen) atoms. The Morgan fingerprint density at radius 1 is 1.04 bits per heavy atom. The van der Waals surface area contributed by atoms with Crippen LogP contribution < -0.4 is 5.32 Å². The van der Waals surface area contributed by atoms with Crippen LogP contribution in [0, 0.1) is 0 Å². The Bertz CT molecular complexity index is 570. The largest absolute Gasteiger partial charge is 0.507 e. The van der Waals surface area contributed by atoms with Gasteiger partial charge in [-0.05, 0) is 28.0 Å². The summed E-state index contributed by atoms with van der Waals surface area (Å²) in [7, 11) is 0. The first-order valence-electron chi connectivity index (χ1n) is 8.99. The number of aliphatic hydroxyl groups excluding tert-OH is 1. The minimum Gasteiger partial charge on any atom is -0.507 e. The molecule has 3 N–H and O–H groups in total. The molecular formula is C20H35ClN2O2. The number of aliphatic hydroxyl groups is 1. The maximum Gasteiger partial charge on any atom is 0.124 e. The predicted octanol–water partition coefficient (Wildman–Crippen LogP) is 3.35. The van der Waals surface area contributed by atoms with Crippen LogP contribution in [0.25, 0.3) is 0 Å². The molecule has 0 aliphatic carbocycles. The van der Waals surface area contributed by atoms with Crippen LogP contribution >= 0.6 is 12.4 Å². The minimum atomic E-state index is -0.157. The summed E-state index contributed by atoms with van der Waals surface area (Å²) < 4.78 is 0. The van der Waals surface area contributed by atoms with Crippen molar-refractivity contribution in [3.63, 3.8) is 0 Å². The first-order chi connectivity index (χ1) is 11.1. The van der Waals surface area contributed by atoms with Crippen LogP contribution in [0.4, 0.5) is 0 Å². The molecule has 1 aromatic carbocycles. The zero-order valence-electron chi connectivity index (χ0n) is 16.5. The lowest BCUT2D eigenvalue weighted by Gasteiger charge is -2.36. The molecule has 0 unspecified atom stereocenters. The van der Waals surface area contributed by atoms with Gasteiger partial charge in [0.2, 0.25) is 0 Å². The molecule has 1 aliphatic heterocycles. The molecule has 0 bridgehead atoms. The van der Waals surface area contributed by atoms with Crippen molar-refractivity contribution < 1.29 is 10.2 Å². The molecule has 1 fully saturated rings. The highest BCUT2D eigenvalue weighted by atomic mass is 35.5. The molecule has 0 radical (unpaired) electrons. The Balaban J connectivity index is 0.00000312. The van der Waals surface area contributed by atoms with E-state index in [1.165, 1.54) is 5.56 Å². The average Bonchev–Trinajstić information content (AvgIpc) is 2.48. The maximum atomic E-state index is 11.0. The maximum absolute atomic E-state index is 11.0. The molecule has 0 saturated carbocycles. The number of nitrogens with one attached hydrogen (secondary N) is 1. The van der Waals surface area contributed by atoms with Crippen LogP contribution in [0.3, 0.4) is 0 Å². The molecule has 1 atom stereocenters. The number of halogens is 1. The van der Waals surface area contributed by atoms with Crippen LogP contribution in [0.1, 0.15) is 64.3 Å². The Hall–Kier alpha value is -0.810. The fourth-order valence-corrected chi connectivity index (χ4v) is 3.32. The van der Waals surface area contributed by atoms with Crippen LogP contribution in [0.2, 0.25) is 0 Å². The summed E-state index contributed by atoms with van der Waals surface area (Å²) in [5, 5.41) is 24.4. The third-order valence-electron chi connectivity index (χ3n) is 4.94. The average molecular weight is 371 g/mol. The van der Waals surface area contributed by atoms with Gasteiger partial charge in [0.25, 0.3) is 0 Å². The van der Waals surface area contributed by atoms with E-state index in [0.29, 0.717) is 5.75 Å². The monoisotopic (exact) mass is 370 g/mol. The first kappa shape index (κ1) is 22.2. The van der Waals surface area contributed by atoms with Gasteiger partial charge in [-0.1, -0.05) is 47.6 Å². The molecule has 2 rings (SSSR count). The van der Waals surface area contributed by atoms with Crippen LogP contribution in [0.5, 0.6) is 5.75 Å². The second kappa shape index (κ2) is 8.26. The van der Waals surface area contributed by atoms with Gasteiger partial charge in [-0.15, -0.1) is 12.4 Å². The van der Waals surface area contributed by atoms with Gasteiger partial charge in [0.05, 0.1) is 12.6 Å². The van der Waals surface area contributed by atoms with Gasteiger partial charge in [0, 0.05) is 31.7 Å². The highest BCUT2D eigenvalue weighted by Gasteiger charge is 2.30. The lowest BCUT2D eigenvalue weighted by Crippen LogP contribution is -2.46. The fraction of sp³-hybridized carbons (Fsp3) is 0.700. The quantitative estimate of drug-likeness (QED) is 0.763. The zero-order chi connectivity index (χ0) is 18.1. The highest BCUT2D eigenvalue weighted by molar-refractivity contribution is 5.85. The topological polar surface area (TPSA) is 55.7 Å². The summed E-state index contributed by atoms with van der Waals surface area (Å²) in [6.45, 7) is 16.6. The van der Waals surface area contributed by atoms with Gasteiger partial charge < -0.3 is 15.5 Å². The summed E-state index contributed by atoms with van der Waals surface area (Å²) in [6, 6.07) is 4.06. The standard InChI is InChI=1S/C20H34N2O2.ClH/c1-19(2,3)14-11-15(18(24)16(12-14)20(4,5)6)17(13-23)22-9-7-21-8-10-22;/h11-12,17,21,23-24H,7-10,13H2,1-6H3;1H/t17-;/m1./s1. The van der Waals surface area contributed by atoms with Crippen molar-refractivity contribution in [2.75, 3.05) is 32.8 Å². The van der Waals surface area contributed by atoms with Gasteiger partial charge in [0.1, 0.15) is 5.75 Å². The van der Waals surface area contributed by atoms with E-state index in [-0.39, 0.29) is 35.9 Å². The minimum absolute atomic E-state index is 0. The molecular weight excluding hydrogens is 336 g/mol. The van der Waals surface area contributed by atoms with E-state index in [1.54, 1.807) is 0 Å². The number of rotatable bonds is 3. The van der Waals surface area contributed by atoms with Gasteiger partial charge in [-0.25, -0.2) is 0 Å². The molecule has 0 amide bonds. The van der Waals surface area contributed by atoms with E-state index in [1.807, 2.05) is 0 Å². The Morgan fingerprint density at radius 2 is 1.60 bits per heavy atom. The van der Waals surface area contributed by atoms with Gasteiger partial charge in [0.15, 0.2) is 0 Å². The first-order valence-corrected chi connectivity index (χ1v) is 8.99. The number of piperazine rings is 1. The van der Waals surface area contributed by atoms with Crippen molar-refractivity contribution in [1.82, 2.24) is 10.2 Å². The second-order valence-corrected chi connectivity index (χ2v) is 8.95. The van der Waals surface area contributed by atoms with E-state index in [2.05, 4.69) is 63.9 Å². The Kier molecular flexibility index (Phi) is 7.34. The zero-order valence-corrected chi connectivity index (χ0v) is 17.3. The lowest BCUT2D eigenvalue weighted by atomic mass is 9.78. The van der Waals surface area contributed by atoms with E-state index in [4.69, 9.17) is 0 Å². The Labute approximate surface area is 159 Å². The third-order valence-corrected chi connectivity index (χ3v) is 4.94. The van der Waals surface area contributed by atoms with Crippen LogP contribution in [-0.4, -0.2) is 47.9 Å². The van der Waals surface area contributed by atoms with Crippen molar-refractivity contribution in [3.05, 3.63) is 28.8 Å². The second-order valence-electron chi connectivity index (χ2n) is 8.95. The van der Waals surface area contributed by atoms with Crippen molar-refractivity contribution in [2.24, 2.45) is 0 Å². The molecule has 1 aliphatic rings. The lowest BCUT2D eigenvalue weighted by molar-refractivity contribution is 0.108. The van der Waals surface area contributed by atoms with Crippen molar-refractivity contribution in [3.8, 4) is 5.75 Å². The fourth-order valence-electron chi connectivity index (χ4n) is 3.32. The van der Waals surface area contributed by atoms with Crippen LogP contribution in [-0.2, 0) is 10.8 Å². The predicted molar refractivity (Wildman–Crippen MR) is 107 cm³/mol. The number of benzene rings is 1. The number of phenols is 1. The van der Waals surface area contributed by atoms with Gasteiger partial charge in [-0.2, -0.15) is 0 Å². The van der Waals surface area contributed by atoms with E-state index < -0.39 is 0 Å². The van der Waals surface area contributed by atoms with E-state index in [0.717, 1.165) is 37.3 Å². The van der Waals surface area contributed by atoms with Gasteiger partial charge >= 0.3 is 0 Å². The Morgan fingerprint density at radius 3 is 2.04 bits per heavy atom. The van der Waals surface area contributed by atoms with Crippen molar-refractivity contribution >= 4 is 12.4 Å². The molecule has 144 valence electrons. The normalized spacial score (nSPS) is 17.9. The molecule has 1 saturated heterocycles. The smallest absolute Gasteiger partial charge is 0.124 e. The van der Waals surface area contributed by atoms with Gasteiger partial charge in [-0.3, -0.25) is 4.90 Å². The van der Waals surface area contributed by atoms with Crippen LogP contribution in [0.15, 0.2) is 12.1 Å². The third kappa shape index (κ3) is 5.10. The number of hydrogen-bond acceptors (Lipinski definition) is 4. The van der Waals surface area contributed by atoms with Crippen molar-refractivity contribution in [1.29, 1.82) is 0 Å². The summed E-state index contributed by atoms with van der Waals surface area (Å²) >= 11 is 0. The molecule has 4 nitrogen and oxygen atoms in total. The molecule has 1 heterocycles. The number of phenolic OH excluding ortho intramolecular Hbond substituents is 1. The van der Waals surface area contributed by atoms with E-state index >= 15 is 0 Å². The number of aromatic hydroxyl groups is 1. The molecule has 0 spiro atoms. The molecule has 5 heteroatoms. The highest BCUT2D eigenvalue weighted by Crippen LogP contribution is 2.41.